The number of ether oxygens (including phenoxy) is 1. The maximum atomic E-state index is 9.96. The molecule has 0 aromatic carbocycles. The van der Waals surface area contributed by atoms with Gasteiger partial charge >= 0.3 is 6.16 Å². The highest BCUT2D eigenvalue weighted by Crippen LogP contribution is 2.10. The summed E-state index contributed by atoms with van der Waals surface area (Å²) in [7, 11) is 0. The van der Waals surface area contributed by atoms with Crippen molar-refractivity contribution >= 4 is 17.8 Å². The SMILES string of the molecule is O=C(O)Oc1ccc(Cl)cn1. The minimum absolute atomic E-state index is 0.0156. The summed E-state index contributed by atoms with van der Waals surface area (Å²) in [4.78, 5) is 13.5. The summed E-state index contributed by atoms with van der Waals surface area (Å²) >= 11 is 5.48. The molecule has 0 radical (unpaired) electrons. The van der Waals surface area contributed by atoms with Gasteiger partial charge in [-0.15, -0.1) is 0 Å². The molecule has 0 saturated carbocycles. The summed E-state index contributed by atoms with van der Waals surface area (Å²) in [6.07, 6.45) is -0.0837. The Labute approximate surface area is 67.4 Å². The second-order valence-corrected chi connectivity index (χ2v) is 2.12. The fourth-order valence-corrected chi connectivity index (χ4v) is 0.624. The van der Waals surface area contributed by atoms with Gasteiger partial charge in [-0.3, -0.25) is 0 Å². The Morgan fingerprint density at radius 1 is 1.64 bits per heavy atom. The lowest BCUT2D eigenvalue weighted by Crippen LogP contribution is -2.03. The topological polar surface area (TPSA) is 59.4 Å². The molecule has 1 N–H and O–H groups in total. The minimum Gasteiger partial charge on any atom is -0.449 e. The third kappa shape index (κ3) is 2.43. The van der Waals surface area contributed by atoms with Crippen LogP contribution in [-0.4, -0.2) is 16.2 Å². The summed E-state index contributed by atoms with van der Waals surface area (Å²) < 4.78 is 4.22. The molecule has 0 aliphatic carbocycles. The van der Waals surface area contributed by atoms with E-state index in [0.717, 1.165) is 0 Å². The largest absolute Gasteiger partial charge is 0.512 e. The molecule has 4 nitrogen and oxygen atoms in total. The molecule has 0 bridgehead atoms. The van der Waals surface area contributed by atoms with Crippen LogP contribution in [0.1, 0.15) is 0 Å². The highest BCUT2D eigenvalue weighted by atomic mass is 35.5. The molecule has 1 heterocycles. The Hall–Kier alpha value is -1.29. The maximum Gasteiger partial charge on any atom is 0.512 e. The van der Waals surface area contributed by atoms with E-state index in [-0.39, 0.29) is 5.88 Å². The van der Waals surface area contributed by atoms with Crippen LogP contribution in [0.15, 0.2) is 18.3 Å². The molecular weight excluding hydrogens is 170 g/mol. The third-order valence-electron chi connectivity index (χ3n) is 0.892. The normalized spacial score (nSPS) is 9.18. The smallest absolute Gasteiger partial charge is 0.449 e. The minimum atomic E-state index is -1.39. The fourth-order valence-electron chi connectivity index (χ4n) is 0.512. The molecule has 0 aliphatic heterocycles. The quantitative estimate of drug-likeness (QED) is 0.658. The van der Waals surface area contributed by atoms with E-state index in [9.17, 15) is 4.79 Å². The van der Waals surface area contributed by atoms with Crippen molar-refractivity contribution in [3.05, 3.63) is 23.4 Å². The molecule has 0 atom stereocenters. The molecule has 0 unspecified atom stereocenters. The van der Waals surface area contributed by atoms with Crippen molar-refractivity contribution in [1.29, 1.82) is 0 Å². The van der Waals surface area contributed by atoms with Crippen LogP contribution in [0.5, 0.6) is 5.88 Å². The molecule has 0 saturated heterocycles. The summed E-state index contributed by atoms with van der Waals surface area (Å²) in [6, 6.07) is 2.86. The Balaban J connectivity index is 2.74. The predicted octanol–water partition coefficient (Wildman–Crippen LogP) is 1.79. The van der Waals surface area contributed by atoms with Gasteiger partial charge in [0.25, 0.3) is 0 Å². The van der Waals surface area contributed by atoms with Gasteiger partial charge in [0.2, 0.25) is 5.88 Å². The summed E-state index contributed by atoms with van der Waals surface area (Å²) in [5.74, 6) is 0.0156. The molecule has 1 rings (SSSR count). The molecule has 0 aliphatic rings. The number of aromatic nitrogens is 1. The van der Waals surface area contributed by atoms with E-state index < -0.39 is 6.16 Å². The first-order valence-corrected chi connectivity index (χ1v) is 3.08. The second-order valence-electron chi connectivity index (χ2n) is 1.68. The maximum absolute atomic E-state index is 9.96. The van der Waals surface area contributed by atoms with E-state index >= 15 is 0 Å². The molecule has 5 heteroatoms. The highest BCUT2D eigenvalue weighted by Gasteiger charge is 2.00. The summed E-state index contributed by atoms with van der Waals surface area (Å²) in [5, 5.41) is 8.57. The van der Waals surface area contributed by atoms with Gasteiger partial charge in [-0.1, -0.05) is 11.6 Å². The van der Waals surface area contributed by atoms with E-state index in [0.29, 0.717) is 5.02 Å². The Morgan fingerprint density at radius 3 is 2.82 bits per heavy atom. The number of nitrogens with zero attached hydrogens (tertiary/aromatic N) is 1. The number of carbonyl (C=O) groups is 1. The van der Waals surface area contributed by atoms with Crippen LogP contribution in [0.2, 0.25) is 5.02 Å². The number of pyridine rings is 1. The van der Waals surface area contributed by atoms with Gasteiger partial charge in [0.15, 0.2) is 0 Å². The van der Waals surface area contributed by atoms with Crippen molar-refractivity contribution < 1.29 is 14.6 Å². The molecule has 11 heavy (non-hydrogen) atoms. The van der Waals surface area contributed by atoms with Crippen molar-refractivity contribution in [2.24, 2.45) is 0 Å². The van der Waals surface area contributed by atoms with Crippen molar-refractivity contribution in [1.82, 2.24) is 4.98 Å². The van der Waals surface area contributed by atoms with Crippen LogP contribution < -0.4 is 4.74 Å². The molecule has 58 valence electrons. The molecule has 0 amide bonds. The van der Waals surface area contributed by atoms with Gasteiger partial charge in [-0.25, -0.2) is 9.78 Å². The lowest BCUT2D eigenvalue weighted by molar-refractivity contribution is 0.142. The van der Waals surface area contributed by atoms with Gasteiger partial charge in [0.1, 0.15) is 0 Å². The van der Waals surface area contributed by atoms with Crippen LogP contribution in [-0.2, 0) is 0 Å². The van der Waals surface area contributed by atoms with Crippen LogP contribution in [0.25, 0.3) is 0 Å². The zero-order valence-corrected chi connectivity index (χ0v) is 6.08. The van der Waals surface area contributed by atoms with Crippen LogP contribution in [0, 0.1) is 0 Å². The van der Waals surface area contributed by atoms with E-state index in [1.54, 1.807) is 0 Å². The lowest BCUT2D eigenvalue weighted by atomic mass is 10.5. The first-order chi connectivity index (χ1) is 5.18. The van der Waals surface area contributed by atoms with Crippen molar-refractivity contribution in [2.45, 2.75) is 0 Å². The van der Waals surface area contributed by atoms with Gasteiger partial charge in [-0.2, -0.15) is 0 Å². The summed E-state index contributed by atoms with van der Waals surface area (Å²) in [6.45, 7) is 0. The highest BCUT2D eigenvalue weighted by molar-refractivity contribution is 6.30. The molecule has 0 spiro atoms. The van der Waals surface area contributed by atoms with Crippen LogP contribution >= 0.6 is 11.6 Å². The van der Waals surface area contributed by atoms with Gasteiger partial charge in [0.05, 0.1) is 5.02 Å². The molecule has 0 fully saturated rings. The van der Waals surface area contributed by atoms with Crippen molar-refractivity contribution in [3.63, 3.8) is 0 Å². The summed E-state index contributed by atoms with van der Waals surface area (Å²) in [5.41, 5.74) is 0. The fraction of sp³-hybridized carbons (Fsp3) is 0. The predicted molar refractivity (Wildman–Crippen MR) is 37.9 cm³/mol. The van der Waals surface area contributed by atoms with Gasteiger partial charge < -0.3 is 9.84 Å². The molecule has 1 aromatic heterocycles. The van der Waals surface area contributed by atoms with E-state index in [1.807, 2.05) is 0 Å². The Kier molecular flexibility index (Phi) is 2.28. The van der Waals surface area contributed by atoms with E-state index in [2.05, 4.69) is 9.72 Å². The Bertz CT molecular complexity index is 259. The van der Waals surface area contributed by atoms with Crippen molar-refractivity contribution in [2.75, 3.05) is 0 Å². The van der Waals surface area contributed by atoms with Gasteiger partial charge in [-0.05, 0) is 6.07 Å². The van der Waals surface area contributed by atoms with Gasteiger partial charge in [0, 0.05) is 12.3 Å². The van der Waals surface area contributed by atoms with Crippen LogP contribution in [0.3, 0.4) is 0 Å². The average molecular weight is 174 g/mol. The monoisotopic (exact) mass is 173 g/mol. The van der Waals surface area contributed by atoms with Crippen LogP contribution in [0.4, 0.5) is 4.79 Å². The number of hydrogen-bond acceptors (Lipinski definition) is 3. The number of halogens is 1. The first-order valence-electron chi connectivity index (χ1n) is 2.71. The molecular formula is C6H4ClNO3. The molecule has 1 aromatic rings. The third-order valence-corrected chi connectivity index (χ3v) is 1.12. The Morgan fingerprint density at radius 2 is 2.36 bits per heavy atom. The number of rotatable bonds is 1. The van der Waals surface area contributed by atoms with E-state index in [1.165, 1.54) is 18.3 Å². The zero-order valence-electron chi connectivity index (χ0n) is 5.32. The van der Waals surface area contributed by atoms with Crippen molar-refractivity contribution in [3.8, 4) is 5.88 Å². The lowest BCUT2D eigenvalue weighted by Gasteiger charge is -1.96. The standard InChI is InChI=1S/C6H4ClNO3/c7-4-1-2-5(8-3-4)11-6(9)10/h1-3H,(H,9,10). The zero-order chi connectivity index (χ0) is 8.27. The number of carboxylic acid groups (broad SMARTS) is 1. The average Bonchev–Trinajstić information content (AvgIpc) is 1.93. The first kappa shape index (κ1) is 7.81. The second kappa shape index (κ2) is 3.21. The number of hydrogen-bond donors (Lipinski definition) is 1. The van der Waals surface area contributed by atoms with E-state index in [4.69, 9.17) is 16.7 Å².